The summed E-state index contributed by atoms with van der Waals surface area (Å²) in [6, 6.07) is 25.2. The zero-order valence-corrected chi connectivity index (χ0v) is 33.3. The Hall–Kier alpha value is -3.82. The summed E-state index contributed by atoms with van der Waals surface area (Å²) in [5.74, 6) is 0.314. The van der Waals surface area contributed by atoms with Gasteiger partial charge in [0.25, 0.3) is 0 Å². The topological polar surface area (TPSA) is 117 Å². The maximum atomic E-state index is 13.4. The molecule has 288 valence electrons. The van der Waals surface area contributed by atoms with E-state index in [2.05, 4.69) is 9.80 Å². The van der Waals surface area contributed by atoms with Crippen molar-refractivity contribution >= 4 is 37.6 Å². The smallest absolute Gasteiger partial charge is 0.309 e. The van der Waals surface area contributed by atoms with Crippen molar-refractivity contribution in [1.82, 2.24) is 18.4 Å². The van der Waals surface area contributed by atoms with E-state index in [4.69, 9.17) is 21.1 Å². The number of rotatable bonds is 13. The summed E-state index contributed by atoms with van der Waals surface area (Å²) in [5, 5.41) is 0.624. The van der Waals surface area contributed by atoms with Crippen LogP contribution in [0.5, 0.6) is 5.75 Å². The van der Waals surface area contributed by atoms with Crippen LogP contribution < -0.4 is 4.74 Å². The third-order valence-corrected chi connectivity index (χ3v) is 14.0. The van der Waals surface area contributed by atoms with Gasteiger partial charge in [0.1, 0.15) is 12.4 Å². The van der Waals surface area contributed by atoms with Crippen LogP contribution in [0.2, 0.25) is 5.02 Å². The number of nitrogens with zero attached hydrogens (tertiary/aromatic N) is 4. The average Bonchev–Trinajstić information content (AvgIpc) is 3.16. The van der Waals surface area contributed by atoms with Crippen molar-refractivity contribution in [2.45, 2.75) is 49.8 Å². The zero-order valence-electron chi connectivity index (χ0n) is 30.9. The quantitative estimate of drug-likeness (QED) is 0.167. The van der Waals surface area contributed by atoms with Crippen LogP contribution in [0.15, 0.2) is 94.7 Å². The largest absolute Gasteiger partial charge is 0.488 e. The fourth-order valence-electron chi connectivity index (χ4n) is 6.78. The standard InChI is InChI=1S/C40H47ClN4O7S2/c1-30-4-12-37(13-5-30)53(47,48)44-20-16-42(17-21-44)27-34-24-33(26-39(46)51-3)25-35(40(34)52-29-32-8-10-36(41)11-9-32)28-43-18-22-45(23-19-43)54(49,50)38-14-6-31(2)7-15-38/h4-15,24-25H,16-23,26-29H2,1-3H3. The summed E-state index contributed by atoms with van der Waals surface area (Å²) in [5.41, 5.74) is 5.43. The second kappa shape index (κ2) is 17.3. The van der Waals surface area contributed by atoms with Gasteiger partial charge in [0, 0.05) is 81.6 Å². The number of ether oxygens (including phenoxy) is 2. The molecule has 54 heavy (non-hydrogen) atoms. The van der Waals surface area contributed by atoms with Gasteiger partial charge in [-0.05, 0) is 61.4 Å². The first-order chi connectivity index (χ1) is 25.8. The van der Waals surface area contributed by atoms with E-state index >= 15 is 0 Å². The van der Waals surface area contributed by atoms with Crippen LogP contribution in [-0.4, -0.2) is 101 Å². The predicted octanol–water partition coefficient (Wildman–Crippen LogP) is 5.26. The van der Waals surface area contributed by atoms with Crippen LogP contribution in [0.1, 0.15) is 33.4 Å². The molecule has 0 unspecified atom stereocenters. The first-order valence-corrected chi connectivity index (χ1v) is 21.2. The summed E-state index contributed by atoms with van der Waals surface area (Å²) in [6.07, 6.45) is 0.0686. The molecular weight excluding hydrogens is 748 g/mol. The van der Waals surface area contributed by atoms with E-state index in [0.717, 1.165) is 33.4 Å². The normalized spacial score (nSPS) is 16.7. The van der Waals surface area contributed by atoms with Gasteiger partial charge >= 0.3 is 5.97 Å². The van der Waals surface area contributed by atoms with Gasteiger partial charge in [0.05, 0.1) is 23.3 Å². The van der Waals surface area contributed by atoms with Gasteiger partial charge in [-0.25, -0.2) is 16.8 Å². The van der Waals surface area contributed by atoms with Crippen LogP contribution in [-0.2, 0) is 55.7 Å². The number of piperazine rings is 2. The Kier molecular flexibility index (Phi) is 12.8. The lowest BCUT2D eigenvalue weighted by Crippen LogP contribution is -2.48. The van der Waals surface area contributed by atoms with Crippen LogP contribution >= 0.6 is 11.6 Å². The van der Waals surface area contributed by atoms with E-state index < -0.39 is 20.0 Å². The summed E-state index contributed by atoms with van der Waals surface area (Å²) in [7, 11) is -5.89. The monoisotopic (exact) mass is 794 g/mol. The molecule has 2 aliphatic heterocycles. The molecule has 0 spiro atoms. The molecule has 4 aromatic rings. The second-order valence-corrected chi connectivity index (χ2v) is 18.2. The minimum Gasteiger partial charge on any atom is -0.488 e. The van der Waals surface area contributed by atoms with Crippen LogP contribution in [0, 0.1) is 13.8 Å². The molecule has 0 saturated carbocycles. The highest BCUT2D eigenvalue weighted by atomic mass is 35.5. The Labute approximate surface area is 324 Å². The van der Waals surface area contributed by atoms with Gasteiger partial charge in [-0.2, -0.15) is 8.61 Å². The molecule has 2 saturated heterocycles. The third kappa shape index (κ3) is 9.69. The number of aryl methyl sites for hydroxylation is 2. The summed E-state index contributed by atoms with van der Waals surface area (Å²) in [4.78, 5) is 17.5. The maximum Gasteiger partial charge on any atom is 0.309 e. The van der Waals surface area contributed by atoms with E-state index in [1.165, 1.54) is 15.7 Å². The fourth-order valence-corrected chi connectivity index (χ4v) is 9.75. The fraction of sp³-hybridized carbons (Fsp3) is 0.375. The number of benzene rings is 4. The molecule has 2 heterocycles. The summed E-state index contributed by atoms with van der Waals surface area (Å²) < 4.78 is 68.4. The molecule has 11 nitrogen and oxygen atoms in total. The number of methoxy groups -OCH3 is 1. The van der Waals surface area contributed by atoms with Gasteiger partial charge in [-0.3, -0.25) is 14.6 Å². The number of carbonyl (C=O) groups excluding carboxylic acids is 1. The lowest BCUT2D eigenvalue weighted by Gasteiger charge is -2.35. The molecule has 6 rings (SSSR count). The molecule has 0 radical (unpaired) electrons. The van der Waals surface area contributed by atoms with Crippen molar-refractivity contribution in [2.24, 2.45) is 0 Å². The minimum absolute atomic E-state index is 0.0686. The number of hydrogen-bond acceptors (Lipinski definition) is 9. The highest BCUT2D eigenvalue weighted by Gasteiger charge is 2.31. The summed E-state index contributed by atoms with van der Waals surface area (Å²) in [6.45, 7) is 8.45. The molecular formula is C40H47ClN4O7S2. The first-order valence-electron chi connectivity index (χ1n) is 18.0. The highest BCUT2D eigenvalue weighted by Crippen LogP contribution is 2.32. The van der Waals surface area contributed by atoms with Crippen LogP contribution in [0.4, 0.5) is 0 Å². The van der Waals surface area contributed by atoms with Gasteiger partial charge in [0.15, 0.2) is 0 Å². The van der Waals surface area contributed by atoms with Crippen molar-refractivity contribution in [3.05, 3.63) is 123 Å². The molecule has 0 bridgehead atoms. The molecule has 2 aliphatic rings. The molecule has 0 aliphatic carbocycles. The van der Waals surface area contributed by atoms with E-state index in [9.17, 15) is 21.6 Å². The van der Waals surface area contributed by atoms with Crippen LogP contribution in [0.3, 0.4) is 0 Å². The van der Waals surface area contributed by atoms with E-state index in [1.54, 1.807) is 48.5 Å². The SMILES string of the molecule is COC(=O)Cc1cc(CN2CCN(S(=O)(=O)c3ccc(C)cc3)CC2)c(OCc2ccc(Cl)cc2)c(CN2CCN(S(=O)(=O)c3ccc(C)cc3)CC2)c1. The lowest BCUT2D eigenvalue weighted by atomic mass is 10.00. The van der Waals surface area contributed by atoms with Crippen molar-refractivity contribution in [2.75, 3.05) is 59.5 Å². The minimum atomic E-state index is -3.63. The number of sulfonamides is 2. The highest BCUT2D eigenvalue weighted by molar-refractivity contribution is 7.89. The molecule has 0 aromatic heterocycles. The Morgan fingerprint density at radius 2 is 1.06 bits per heavy atom. The number of carbonyl (C=O) groups is 1. The van der Waals surface area contributed by atoms with E-state index in [-0.39, 0.29) is 28.8 Å². The predicted molar refractivity (Wildman–Crippen MR) is 208 cm³/mol. The van der Waals surface area contributed by atoms with Crippen molar-refractivity contribution < 1.29 is 31.1 Å². The molecule has 0 atom stereocenters. The number of esters is 1. The van der Waals surface area contributed by atoms with Crippen molar-refractivity contribution in [3.8, 4) is 5.75 Å². The second-order valence-electron chi connectivity index (χ2n) is 13.9. The number of halogens is 1. The average molecular weight is 795 g/mol. The molecule has 2 fully saturated rings. The Morgan fingerprint density at radius 1 is 0.630 bits per heavy atom. The van der Waals surface area contributed by atoms with E-state index in [1.807, 2.05) is 50.2 Å². The van der Waals surface area contributed by atoms with Gasteiger partial charge in [-0.15, -0.1) is 0 Å². The van der Waals surface area contributed by atoms with E-state index in [0.29, 0.717) is 76.2 Å². The maximum absolute atomic E-state index is 13.4. The van der Waals surface area contributed by atoms with Gasteiger partial charge in [0.2, 0.25) is 20.0 Å². The zero-order chi connectivity index (χ0) is 38.5. The first kappa shape index (κ1) is 39.9. The molecule has 0 amide bonds. The van der Waals surface area contributed by atoms with Crippen LogP contribution in [0.25, 0.3) is 0 Å². The third-order valence-electron chi connectivity index (χ3n) is 9.94. The Bertz CT molecular complexity index is 2010. The van der Waals surface area contributed by atoms with Crippen molar-refractivity contribution in [3.63, 3.8) is 0 Å². The molecule has 14 heteroatoms. The Morgan fingerprint density at radius 3 is 1.46 bits per heavy atom. The lowest BCUT2D eigenvalue weighted by molar-refractivity contribution is -0.139. The molecule has 0 N–H and O–H groups in total. The van der Waals surface area contributed by atoms with Crippen molar-refractivity contribution in [1.29, 1.82) is 0 Å². The number of hydrogen-bond donors (Lipinski definition) is 0. The molecule has 4 aromatic carbocycles. The Balaban J connectivity index is 1.24. The van der Waals surface area contributed by atoms with Gasteiger partial charge in [-0.1, -0.05) is 71.3 Å². The summed E-state index contributed by atoms with van der Waals surface area (Å²) >= 11 is 6.15. The van der Waals surface area contributed by atoms with Gasteiger partial charge < -0.3 is 9.47 Å².